The van der Waals surface area contributed by atoms with Gasteiger partial charge < -0.3 is 89.8 Å². The van der Waals surface area contributed by atoms with E-state index in [1.807, 2.05) is 0 Å². The van der Waals surface area contributed by atoms with E-state index < -0.39 is 190 Å². The zero-order valence-electron chi connectivity index (χ0n) is 32.6. The second-order valence-corrected chi connectivity index (χ2v) is 17.2. The molecule has 374 valence electrons. The predicted octanol–water partition coefficient (Wildman–Crippen LogP) is -8.76. The molecule has 14 N–H and O–H groups in total. The number of nitrogens with one attached hydrogen (secondary N) is 2. The number of aliphatic hydroxyl groups excluding tert-OH is 7. The van der Waals surface area contributed by atoms with Crippen LogP contribution in [0, 0.1) is 0 Å². The molecule has 0 aromatic rings. The number of hydrogen-bond acceptors (Lipinski definition) is 27. The summed E-state index contributed by atoms with van der Waals surface area (Å²) >= 11 is 0. The Bertz CT molecular complexity index is 2120. The average molecular weight is 1010 g/mol. The summed E-state index contributed by atoms with van der Waals surface area (Å²) in [5, 5.41) is 100. The Morgan fingerprint density at radius 3 is 1.55 bits per heavy atom. The van der Waals surface area contributed by atoms with Gasteiger partial charge in [0.05, 0.1) is 13.2 Å². The molecule has 4 rings (SSSR count). The number of carbonyl (C=O) groups is 4. The van der Waals surface area contributed by atoms with Crippen LogP contribution >= 0.6 is 0 Å². The summed E-state index contributed by atoms with van der Waals surface area (Å²) in [7, 11) is -16.3. The minimum Gasteiger partial charge on any atom is -0.506 e. The van der Waals surface area contributed by atoms with Crippen LogP contribution in [-0.2, 0) is 96.1 Å². The molecule has 18 atom stereocenters. The number of aliphatic hydroxyl groups is 7. The van der Waals surface area contributed by atoms with Crippen LogP contribution in [0.1, 0.15) is 13.8 Å². The first-order chi connectivity index (χ1) is 29.8. The van der Waals surface area contributed by atoms with Gasteiger partial charge in [0.1, 0.15) is 73.1 Å². The van der Waals surface area contributed by atoms with Crippen molar-refractivity contribution < 1.29 is 150 Å². The van der Waals surface area contributed by atoms with Gasteiger partial charge in [-0.15, -0.1) is 0 Å². The highest BCUT2D eigenvalue weighted by Gasteiger charge is 2.58. The van der Waals surface area contributed by atoms with Crippen molar-refractivity contribution in [3.05, 3.63) is 11.5 Å². The molecule has 3 saturated heterocycles. The smallest absolute Gasteiger partial charge is 0.397 e. The molecular formula is C28H42N2O32S3. The number of amides is 2. The van der Waals surface area contributed by atoms with Gasteiger partial charge in [-0.3, -0.25) is 23.2 Å². The minimum absolute atomic E-state index is 0.780. The number of hydrogen-bond donors (Lipinski definition) is 14. The Hall–Kier alpha value is -3.65. The van der Waals surface area contributed by atoms with E-state index in [4.69, 9.17) is 37.7 Å². The van der Waals surface area contributed by atoms with E-state index in [9.17, 15) is 99.5 Å². The molecule has 0 aromatic heterocycles. The minimum atomic E-state index is -5.68. The standard InChI is InChI=1S/C28H42N2O32S3/c1-5(31)29-9-17(11(33)7(55-25(9)43)3-53-63(44,45)46)57-27-16(38)15(37)19(22(61-27)24(41)42)59-26-10(30-6(2)32)18(12(34)8(56-26)4-54-64(47,48)49)58-28-21(62-65(50,51)52)14(36)13(35)20(60-28)23(39)40/h7-12,14-19,21-22,25-28,33-38,43H,3-4H2,1-2H3,(H,29,31)(H,30,32)(H,39,40)(H,41,42)(H,44,45,46)(H,47,48,49)(H,50,51,52)/t7-,8-,9-,10-,11+,12+,14+,15-,16-,17-,18-,19+,21-,22+,25?,26+,27-,28-/m1/s1. The van der Waals surface area contributed by atoms with Crippen LogP contribution < -0.4 is 10.6 Å². The van der Waals surface area contributed by atoms with Gasteiger partial charge in [0, 0.05) is 13.8 Å². The molecular weight excluding hydrogens is 972 g/mol. The molecule has 37 heteroatoms. The third kappa shape index (κ3) is 14.0. The molecule has 0 aromatic carbocycles. The maximum Gasteiger partial charge on any atom is 0.397 e. The number of rotatable bonds is 18. The molecule has 0 spiro atoms. The van der Waals surface area contributed by atoms with E-state index in [2.05, 4.69) is 23.2 Å². The Balaban J connectivity index is 1.73. The first-order valence-electron chi connectivity index (χ1n) is 17.8. The Morgan fingerprint density at radius 1 is 0.600 bits per heavy atom. The van der Waals surface area contributed by atoms with Crippen molar-refractivity contribution in [2.24, 2.45) is 0 Å². The van der Waals surface area contributed by atoms with Crippen LogP contribution in [0.3, 0.4) is 0 Å². The van der Waals surface area contributed by atoms with Gasteiger partial charge in [-0.2, -0.15) is 25.3 Å². The second kappa shape index (κ2) is 21.1. The SMILES string of the molecule is CC(=O)N[C@H]1[C@H](O[C@H]2[C@H](O)[C@@H](O)[C@H](O[C@H]3[C@@H](O)[C@@H](COS(=O)(=O)O)OC(O)[C@@H]3NC(C)=O)O[C@@H]2C(=O)O)O[C@H](COS(=O)(=O)O)[C@H](O)[C@@H]1O[C@@H]1OC(C(=O)O)=C(O)[C@H](O)[C@H]1OS(=O)(=O)O. The molecule has 0 bridgehead atoms. The lowest BCUT2D eigenvalue weighted by Gasteiger charge is -2.49. The molecule has 0 aliphatic carbocycles. The van der Waals surface area contributed by atoms with Crippen molar-refractivity contribution in [1.82, 2.24) is 10.6 Å². The largest absolute Gasteiger partial charge is 0.506 e. The fraction of sp³-hybridized carbons (Fsp3) is 0.786. The summed E-state index contributed by atoms with van der Waals surface area (Å²) in [4.78, 5) is 49.0. The Morgan fingerprint density at radius 2 is 1.08 bits per heavy atom. The normalized spacial score (nSPS) is 38.3. The lowest BCUT2D eigenvalue weighted by atomic mass is 9.94. The van der Waals surface area contributed by atoms with E-state index in [0.29, 0.717) is 0 Å². The highest BCUT2D eigenvalue weighted by atomic mass is 32.3. The van der Waals surface area contributed by atoms with Crippen LogP contribution in [0.5, 0.6) is 0 Å². The van der Waals surface area contributed by atoms with E-state index in [0.717, 1.165) is 13.8 Å². The topological polar surface area (TPSA) is 530 Å². The average Bonchev–Trinajstić information content (AvgIpc) is 3.15. The van der Waals surface area contributed by atoms with E-state index in [1.54, 1.807) is 0 Å². The van der Waals surface area contributed by atoms with Crippen molar-refractivity contribution in [2.75, 3.05) is 13.2 Å². The van der Waals surface area contributed by atoms with Crippen LogP contribution in [0.25, 0.3) is 0 Å². The van der Waals surface area contributed by atoms with Gasteiger partial charge in [-0.05, 0) is 0 Å². The maximum atomic E-state index is 12.7. The fourth-order valence-corrected chi connectivity index (χ4v) is 7.69. The highest BCUT2D eigenvalue weighted by Crippen LogP contribution is 2.36. The number of aliphatic carboxylic acids is 2. The summed E-state index contributed by atoms with van der Waals surface area (Å²) in [6.45, 7) is -0.990. The van der Waals surface area contributed by atoms with E-state index in [-0.39, 0.29) is 0 Å². The van der Waals surface area contributed by atoms with Crippen molar-refractivity contribution in [2.45, 2.75) is 124 Å². The van der Waals surface area contributed by atoms with E-state index >= 15 is 0 Å². The van der Waals surface area contributed by atoms with Gasteiger partial charge in [-0.1, -0.05) is 0 Å². The summed E-state index contributed by atoms with van der Waals surface area (Å²) in [5.41, 5.74) is 0. The second-order valence-electron chi connectivity index (χ2n) is 14.0. The molecule has 65 heavy (non-hydrogen) atoms. The monoisotopic (exact) mass is 1010 g/mol. The molecule has 4 aliphatic heterocycles. The quantitative estimate of drug-likeness (QED) is 0.0567. The number of ether oxygens (including phenoxy) is 7. The lowest BCUT2D eigenvalue weighted by Crippen LogP contribution is -2.70. The van der Waals surface area contributed by atoms with Gasteiger partial charge in [0.2, 0.25) is 23.9 Å². The highest BCUT2D eigenvalue weighted by molar-refractivity contribution is 7.81. The van der Waals surface area contributed by atoms with Crippen molar-refractivity contribution in [3.63, 3.8) is 0 Å². The third-order valence-corrected chi connectivity index (χ3v) is 10.6. The maximum absolute atomic E-state index is 12.7. The molecule has 3 fully saturated rings. The van der Waals surface area contributed by atoms with Crippen LogP contribution in [0.15, 0.2) is 11.5 Å². The number of carboxylic acid groups (broad SMARTS) is 2. The molecule has 4 heterocycles. The van der Waals surface area contributed by atoms with Crippen LogP contribution in [-0.4, -0.2) is 232 Å². The summed E-state index contributed by atoms with van der Waals surface area (Å²) in [6, 6.07) is -4.06. The molecule has 2 amide bonds. The van der Waals surface area contributed by atoms with Crippen molar-refractivity contribution >= 4 is 54.9 Å². The molecule has 1 unspecified atom stereocenters. The first-order valence-corrected chi connectivity index (χ1v) is 21.9. The van der Waals surface area contributed by atoms with E-state index in [1.165, 1.54) is 0 Å². The van der Waals surface area contributed by atoms with Gasteiger partial charge in [0.25, 0.3) is 0 Å². The molecule has 0 radical (unpaired) electrons. The molecule has 4 aliphatic rings. The van der Waals surface area contributed by atoms with Gasteiger partial charge >= 0.3 is 43.1 Å². The summed E-state index contributed by atoms with van der Waals surface area (Å²) in [5.74, 6) is -9.46. The summed E-state index contributed by atoms with van der Waals surface area (Å²) in [6.07, 6.45) is -38.8. The van der Waals surface area contributed by atoms with Gasteiger partial charge in [0.15, 0.2) is 36.8 Å². The predicted molar refractivity (Wildman–Crippen MR) is 189 cm³/mol. The van der Waals surface area contributed by atoms with Crippen molar-refractivity contribution in [1.29, 1.82) is 0 Å². The number of carboxylic acids is 2. The zero-order valence-corrected chi connectivity index (χ0v) is 35.0. The Labute approximate surface area is 363 Å². The first kappa shape index (κ1) is 54.0. The van der Waals surface area contributed by atoms with Crippen LogP contribution in [0.4, 0.5) is 0 Å². The Kier molecular flexibility index (Phi) is 17.5. The lowest BCUT2D eigenvalue weighted by molar-refractivity contribution is -0.363. The molecule has 34 nitrogen and oxygen atoms in total. The van der Waals surface area contributed by atoms with Crippen LogP contribution in [0.2, 0.25) is 0 Å². The van der Waals surface area contributed by atoms with Gasteiger partial charge in [-0.25, -0.2) is 22.1 Å². The molecule has 0 saturated carbocycles. The zero-order chi connectivity index (χ0) is 49.3. The van der Waals surface area contributed by atoms with Crippen molar-refractivity contribution in [3.8, 4) is 0 Å². The summed E-state index contributed by atoms with van der Waals surface area (Å²) < 4.78 is 146. The fourth-order valence-electron chi connectivity index (χ4n) is 6.60. The number of carbonyl (C=O) groups excluding carboxylic acids is 2. The third-order valence-electron chi connectivity index (χ3n) is 9.28.